The monoisotopic (exact) mass is 310 g/mol. The molecule has 0 aromatic carbocycles. The number of allylic oxidation sites excluding steroid dienone is 2. The third kappa shape index (κ3) is 6.70. The highest BCUT2D eigenvalue weighted by Gasteiger charge is 2.26. The van der Waals surface area contributed by atoms with Crippen LogP contribution in [0.2, 0.25) is 0 Å². The lowest BCUT2D eigenvalue weighted by molar-refractivity contribution is 0.0168. The van der Waals surface area contributed by atoms with Crippen LogP contribution >= 0.6 is 0 Å². The van der Waals surface area contributed by atoms with E-state index in [0.29, 0.717) is 31.9 Å². The molecule has 1 rings (SSSR count). The molecule has 0 unspecified atom stereocenters. The molecule has 1 aliphatic rings. The standard InChI is InChI=1S/C15H24N2O3.C2H6/c1-6-7-13(12(2)18)16-8-10-17(11-9-16)14(19)20-15(3,4)5;1-2/h6-7,18H,1-2,8-11H2,3-5H3;1-2H3/b13-7+;. The van der Waals surface area contributed by atoms with Crippen molar-refractivity contribution in [1.82, 2.24) is 9.80 Å². The molecule has 1 amide bonds. The third-order valence-corrected chi connectivity index (χ3v) is 2.84. The summed E-state index contributed by atoms with van der Waals surface area (Å²) in [5, 5.41) is 9.57. The van der Waals surface area contributed by atoms with Crippen molar-refractivity contribution in [2.24, 2.45) is 0 Å². The molecule has 1 heterocycles. The number of hydrogen-bond acceptors (Lipinski definition) is 4. The average Bonchev–Trinajstić information content (AvgIpc) is 2.45. The Balaban J connectivity index is 0.00000211. The van der Waals surface area contributed by atoms with Gasteiger partial charge in [0, 0.05) is 26.2 Å². The summed E-state index contributed by atoms with van der Waals surface area (Å²) in [6.07, 6.45) is 3.02. The van der Waals surface area contributed by atoms with Gasteiger partial charge in [-0.15, -0.1) is 0 Å². The van der Waals surface area contributed by atoms with Crippen LogP contribution in [0.4, 0.5) is 4.79 Å². The van der Waals surface area contributed by atoms with E-state index in [0.717, 1.165) is 0 Å². The first kappa shape index (κ1) is 20.1. The van der Waals surface area contributed by atoms with E-state index in [4.69, 9.17) is 4.74 Å². The van der Waals surface area contributed by atoms with E-state index >= 15 is 0 Å². The lowest BCUT2D eigenvalue weighted by atomic mass is 10.2. The largest absolute Gasteiger partial charge is 0.506 e. The predicted molar refractivity (Wildman–Crippen MR) is 90.8 cm³/mol. The summed E-state index contributed by atoms with van der Waals surface area (Å²) >= 11 is 0. The Morgan fingerprint density at radius 3 is 1.95 bits per heavy atom. The molecule has 0 radical (unpaired) electrons. The van der Waals surface area contributed by atoms with Gasteiger partial charge in [-0.2, -0.15) is 0 Å². The Labute approximate surface area is 134 Å². The van der Waals surface area contributed by atoms with E-state index in [1.54, 1.807) is 17.1 Å². The number of rotatable bonds is 3. The van der Waals surface area contributed by atoms with Gasteiger partial charge in [0.25, 0.3) is 0 Å². The van der Waals surface area contributed by atoms with Gasteiger partial charge in [-0.25, -0.2) is 4.79 Å². The van der Waals surface area contributed by atoms with E-state index in [1.165, 1.54) is 0 Å². The van der Waals surface area contributed by atoms with Gasteiger partial charge in [-0.3, -0.25) is 0 Å². The fourth-order valence-electron chi connectivity index (χ4n) is 1.95. The van der Waals surface area contributed by atoms with Gasteiger partial charge in [-0.1, -0.05) is 33.1 Å². The second-order valence-electron chi connectivity index (χ2n) is 5.69. The molecule has 0 bridgehead atoms. The Bertz CT molecular complexity index is 414. The van der Waals surface area contributed by atoms with Crippen molar-refractivity contribution in [2.45, 2.75) is 40.2 Å². The smallest absolute Gasteiger partial charge is 0.410 e. The minimum atomic E-state index is -0.485. The molecule has 1 aliphatic heterocycles. The van der Waals surface area contributed by atoms with E-state index in [1.807, 2.05) is 39.5 Å². The SMILES string of the molecule is C=C/C=C(\C(=C)O)N1CCN(C(=O)OC(C)(C)C)CC1.CC. The van der Waals surface area contributed by atoms with Crippen LogP contribution < -0.4 is 0 Å². The second kappa shape index (κ2) is 9.18. The number of aliphatic hydroxyl groups is 1. The maximum atomic E-state index is 11.9. The number of amides is 1. The quantitative estimate of drug-likeness (QED) is 0.638. The molecular weight excluding hydrogens is 280 g/mol. The Kier molecular flexibility index (Phi) is 8.38. The van der Waals surface area contributed by atoms with Crippen molar-refractivity contribution in [3.8, 4) is 0 Å². The maximum Gasteiger partial charge on any atom is 0.410 e. The molecule has 0 spiro atoms. The highest BCUT2D eigenvalue weighted by molar-refractivity contribution is 5.68. The highest BCUT2D eigenvalue weighted by atomic mass is 16.6. The zero-order chi connectivity index (χ0) is 17.3. The van der Waals surface area contributed by atoms with Crippen molar-refractivity contribution in [1.29, 1.82) is 0 Å². The molecule has 0 aromatic heterocycles. The van der Waals surface area contributed by atoms with Crippen LogP contribution in [0, 0.1) is 0 Å². The Hall–Kier alpha value is -1.91. The summed E-state index contributed by atoms with van der Waals surface area (Å²) in [6.45, 7) is 19.1. The molecule has 1 fully saturated rings. The number of carbonyl (C=O) groups excluding carboxylic acids is 1. The second-order valence-corrected chi connectivity index (χ2v) is 5.69. The van der Waals surface area contributed by atoms with Crippen LogP contribution in [-0.2, 0) is 4.74 Å². The van der Waals surface area contributed by atoms with Crippen molar-refractivity contribution >= 4 is 6.09 Å². The maximum absolute atomic E-state index is 11.9. The van der Waals surface area contributed by atoms with Gasteiger partial charge in [0.15, 0.2) is 0 Å². The van der Waals surface area contributed by atoms with Gasteiger partial charge in [0.05, 0.1) is 5.70 Å². The average molecular weight is 310 g/mol. The summed E-state index contributed by atoms with van der Waals surface area (Å²) in [7, 11) is 0. The van der Waals surface area contributed by atoms with E-state index < -0.39 is 5.60 Å². The van der Waals surface area contributed by atoms with Crippen LogP contribution in [0.5, 0.6) is 0 Å². The van der Waals surface area contributed by atoms with Crippen molar-refractivity contribution in [2.75, 3.05) is 26.2 Å². The van der Waals surface area contributed by atoms with Crippen molar-refractivity contribution in [3.05, 3.63) is 36.8 Å². The molecule has 1 saturated heterocycles. The van der Waals surface area contributed by atoms with Gasteiger partial charge in [0.2, 0.25) is 0 Å². The molecule has 0 atom stereocenters. The zero-order valence-electron chi connectivity index (χ0n) is 14.6. The molecule has 0 aliphatic carbocycles. The number of hydrogen-bond donors (Lipinski definition) is 1. The topological polar surface area (TPSA) is 53.0 Å². The first-order valence-electron chi connectivity index (χ1n) is 7.68. The van der Waals surface area contributed by atoms with Gasteiger partial charge in [0.1, 0.15) is 11.4 Å². The summed E-state index contributed by atoms with van der Waals surface area (Å²) in [4.78, 5) is 15.6. The van der Waals surface area contributed by atoms with Crippen LogP contribution in [0.25, 0.3) is 0 Å². The summed E-state index contributed by atoms with van der Waals surface area (Å²) < 4.78 is 5.34. The van der Waals surface area contributed by atoms with E-state index in [9.17, 15) is 9.90 Å². The molecule has 22 heavy (non-hydrogen) atoms. The number of nitrogens with zero attached hydrogens (tertiary/aromatic N) is 2. The van der Waals surface area contributed by atoms with E-state index in [2.05, 4.69) is 13.2 Å². The van der Waals surface area contributed by atoms with Gasteiger partial charge >= 0.3 is 6.09 Å². The number of ether oxygens (including phenoxy) is 1. The minimum absolute atomic E-state index is 0.00983. The fourth-order valence-corrected chi connectivity index (χ4v) is 1.95. The molecule has 126 valence electrons. The number of carbonyl (C=O) groups is 1. The van der Waals surface area contributed by atoms with Crippen molar-refractivity contribution < 1.29 is 14.6 Å². The molecular formula is C17H30N2O3. The molecule has 1 N–H and O–H groups in total. The first-order valence-corrected chi connectivity index (χ1v) is 7.68. The summed E-state index contributed by atoms with van der Waals surface area (Å²) in [5.41, 5.74) is 0.158. The van der Waals surface area contributed by atoms with Gasteiger partial charge in [-0.05, 0) is 26.8 Å². The molecule has 0 aromatic rings. The van der Waals surface area contributed by atoms with Crippen LogP contribution in [-0.4, -0.2) is 52.8 Å². The summed E-state index contributed by atoms with van der Waals surface area (Å²) in [5.74, 6) is 0.00983. The Morgan fingerprint density at radius 2 is 1.59 bits per heavy atom. The van der Waals surface area contributed by atoms with E-state index in [-0.39, 0.29) is 11.9 Å². The highest BCUT2D eigenvalue weighted by Crippen LogP contribution is 2.17. The molecule has 5 nitrogen and oxygen atoms in total. The van der Waals surface area contributed by atoms with Crippen molar-refractivity contribution in [3.63, 3.8) is 0 Å². The zero-order valence-corrected chi connectivity index (χ0v) is 14.6. The van der Waals surface area contributed by atoms with Gasteiger partial charge < -0.3 is 19.6 Å². The Morgan fingerprint density at radius 1 is 1.14 bits per heavy atom. The van der Waals surface area contributed by atoms with Crippen LogP contribution in [0.15, 0.2) is 36.8 Å². The third-order valence-electron chi connectivity index (χ3n) is 2.84. The molecule has 5 heteroatoms. The predicted octanol–water partition coefficient (Wildman–Crippen LogP) is 3.71. The number of piperazine rings is 1. The fraction of sp³-hybridized carbons (Fsp3) is 0.588. The van der Waals surface area contributed by atoms with Crippen LogP contribution in [0.3, 0.4) is 0 Å². The molecule has 0 saturated carbocycles. The first-order chi connectivity index (χ1) is 10.2. The van der Waals surface area contributed by atoms with Crippen LogP contribution in [0.1, 0.15) is 34.6 Å². The lowest BCUT2D eigenvalue weighted by Crippen LogP contribution is -2.49. The number of aliphatic hydroxyl groups excluding tert-OH is 1. The summed E-state index contributed by atoms with van der Waals surface area (Å²) in [6, 6.07) is 0. The lowest BCUT2D eigenvalue weighted by Gasteiger charge is -2.37. The normalized spacial score (nSPS) is 15.6. The minimum Gasteiger partial charge on any atom is -0.506 e.